The standard InChI is InChI=1S/C12H14N2O3/c1-3-7-12(2)8-5-4-6-9(14(16)17)10(8)13-11(12)15/h4-6H,3,7H2,1-2H3,(H,13,15). The SMILES string of the molecule is CCCC1(C)C(=O)Nc2c([N+](=O)[O-])cccc21. The lowest BCUT2D eigenvalue weighted by Crippen LogP contribution is -2.30. The summed E-state index contributed by atoms with van der Waals surface area (Å²) in [5.74, 6) is -0.149. The Morgan fingerprint density at radius 2 is 2.18 bits per heavy atom. The Morgan fingerprint density at radius 3 is 2.76 bits per heavy atom. The fourth-order valence-corrected chi connectivity index (χ4v) is 2.41. The minimum absolute atomic E-state index is 0.0318. The smallest absolute Gasteiger partial charge is 0.293 e. The van der Waals surface area contributed by atoms with Gasteiger partial charge in [0.05, 0.1) is 10.3 Å². The zero-order chi connectivity index (χ0) is 12.6. The first-order valence-electron chi connectivity index (χ1n) is 5.60. The highest BCUT2D eigenvalue weighted by Crippen LogP contribution is 2.44. The van der Waals surface area contributed by atoms with E-state index in [1.807, 2.05) is 13.8 Å². The second-order valence-corrected chi connectivity index (χ2v) is 4.49. The van der Waals surface area contributed by atoms with Crippen LogP contribution >= 0.6 is 0 Å². The third-order valence-electron chi connectivity index (χ3n) is 3.32. The maximum Gasteiger partial charge on any atom is 0.293 e. The summed E-state index contributed by atoms with van der Waals surface area (Å²) in [5.41, 5.74) is 0.420. The molecule has 17 heavy (non-hydrogen) atoms. The van der Waals surface area contributed by atoms with E-state index >= 15 is 0 Å². The number of hydrogen-bond donors (Lipinski definition) is 1. The highest BCUT2D eigenvalue weighted by Gasteiger charge is 2.44. The number of para-hydroxylation sites is 1. The Balaban J connectivity index is 2.59. The highest BCUT2D eigenvalue weighted by atomic mass is 16.6. The fourth-order valence-electron chi connectivity index (χ4n) is 2.41. The maximum absolute atomic E-state index is 12.0. The second kappa shape index (κ2) is 3.84. The number of carbonyl (C=O) groups excluding carboxylic acids is 1. The first-order valence-corrected chi connectivity index (χ1v) is 5.60. The number of rotatable bonds is 3. The van der Waals surface area contributed by atoms with E-state index in [0.717, 1.165) is 12.0 Å². The van der Waals surface area contributed by atoms with Gasteiger partial charge in [-0.15, -0.1) is 0 Å². The van der Waals surface area contributed by atoms with Crippen molar-refractivity contribution in [2.24, 2.45) is 0 Å². The average molecular weight is 234 g/mol. The molecular weight excluding hydrogens is 220 g/mol. The normalized spacial score (nSPS) is 22.1. The Kier molecular flexibility index (Phi) is 2.61. The second-order valence-electron chi connectivity index (χ2n) is 4.49. The molecule has 5 nitrogen and oxygen atoms in total. The van der Waals surface area contributed by atoms with Crippen LogP contribution in [0.5, 0.6) is 0 Å². The summed E-state index contributed by atoms with van der Waals surface area (Å²) >= 11 is 0. The molecule has 0 saturated heterocycles. The lowest BCUT2D eigenvalue weighted by Gasteiger charge is -2.20. The van der Waals surface area contributed by atoms with E-state index in [0.29, 0.717) is 12.1 Å². The van der Waals surface area contributed by atoms with E-state index in [1.165, 1.54) is 6.07 Å². The first kappa shape index (κ1) is 11.6. The lowest BCUT2D eigenvalue weighted by atomic mass is 9.80. The summed E-state index contributed by atoms with van der Waals surface area (Å²) in [6, 6.07) is 4.83. The van der Waals surface area contributed by atoms with E-state index in [-0.39, 0.29) is 11.6 Å². The zero-order valence-electron chi connectivity index (χ0n) is 9.82. The van der Waals surface area contributed by atoms with E-state index in [4.69, 9.17) is 0 Å². The molecule has 2 rings (SSSR count). The number of benzene rings is 1. The van der Waals surface area contributed by atoms with E-state index < -0.39 is 10.3 Å². The Bertz CT molecular complexity index is 499. The summed E-state index contributed by atoms with van der Waals surface area (Å²) < 4.78 is 0. The van der Waals surface area contributed by atoms with Gasteiger partial charge in [0.15, 0.2) is 0 Å². The van der Waals surface area contributed by atoms with Crippen LogP contribution in [0.15, 0.2) is 18.2 Å². The molecule has 0 saturated carbocycles. The van der Waals surface area contributed by atoms with Gasteiger partial charge in [-0.3, -0.25) is 14.9 Å². The van der Waals surface area contributed by atoms with Gasteiger partial charge in [-0.25, -0.2) is 0 Å². The molecule has 0 radical (unpaired) electrons. The number of carbonyl (C=O) groups is 1. The van der Waals surface area contributed by atoms with E-state index in [2.05, 4.69) is 5.32 Å². The molecule has 0 aromatic heterocycles. The number of anilines is 1. The Labute approximate surface area is 99.0 Å². The van der Waals surface area contributed by atoms with Gasteiger partial charge in [-0.05, 0) is 18.9 Å². The number of hydrogen-bond acceptors (Lipinski definition) is 3. The van der Waals surface area contributed by atoms with Gasteiger partial charge in [-0.2, -0.15) is 0 Å². The van der Waals surface area contributed by atoms with Crippen molar-refractivity contribution < 1.29 is 9.72 Å². The van der Waals surface area contributed by atoms with Crippen molar-refractivity contribution in [3.05, 3.63) is 33.9 Å². The minimum atomic E-state index is -0.643. The van der Waals surface area contributed by atoms with Gasteiger partial charge >= 0.3 is 0 Å². The quantitative estimate of drug-likeness (QED) is 0.645. The summed E-state index contributed by atoms with van der Waals surface area (Å²) in [7, 11) is 0. The number of nitrogens with one attached hydrogen (secondary N) is 1. The van der Waals surface area contributed by atoms with Crippen LogP contribution in [-0.2, 0) is 10.2 Å². The molecule has 1 aromatic rings. The van der Waals surface area contributed by atoms with Crippen LogP contribution in [0, 0.1) is 10.1 Å². The molecule has 5 heteroatoms. The van der Waals surface area contributed by atoms with Crippen molar-refractivity contribution in [3.8, 4) is 0 Å². The Hall–Kier alpha value is -1.91. The van der Waals surface area contributed by atoms with Crippen molar-refractivity contribution in [1.82, 2.24) is 0 Å². The number of fused-ring (bicyclic) bond motifs is 1. The average Bonchev–Trinajstić information content (AvgIpc) is 2.52. The summed E-state index contributed by atoms with van der Waals surface area (Å²) in [6.07, 6.45) is 1.54. The van der Waals surface area contributed by atoms with Crippen LogP contribution in [0.25, 0.3) is 0 Å². The summed E-state index contributed by atoms with van der Waals surface area (Å²) in [4.78, 5) is 22.4. The molecule has 0 spiro atoms. The van der Waals surface area contributed by atoms with Crippen molar-refractivity contribution in [1.29, 1.82) is 0 Å². The van der Waals surface area contributed by atoms with Crippen molar-refractivity contribution in [3.63, 3.8) is 0 Å². The van der Waals surface area contributed by atoms with Crippen LogP contribution in [0.3, 0.4) is 0 Å². The molecule has 90 valence electrons. The van der Waals surface area contributed by atoms with Crippen LogP contribution in [0.4, 0.5) is 11.4 Å². The number of nitro groups is 1. The molecule has 0 aliphatic carbocycles. The minimum Gasteiger partial charge on any atom is -0.319 e. The summed E-state index contributed by atoms with van der Waals surface area (Å²) in [6.45, 7) is 3.83. The number of amides is 1. The van der Waals surface area contributed by atoms with Crippen LogP contribution in [0.2, 0.25) is 0 Å². The molecule has 0 bridgehead atoms. The van der Waals surface area contributed by atoms with Gasteiger partial charge < -0.3 is 5.32 Å². The van der Waals surface area contributed by atoms with Crippen LogP contribution < -0.4 is 5.32 Å². The number of nitrogens with zero attached hydrogens (tertiary/aromatic N) is 1. The molecule has 1 N–H and O–H groups in total. The third kappa shape index (κ3) is 1.58. The van der Waals surface area contributed by atoms with Crippen LogP contribution in [0.1, 0.15) is 32.3 Å². The van der Waals surface area contributed by atoms with E-state index in [1.54, 1.807) is 12.1 Å². The molecule has 0 fully saturated rings. The molecule has 1 amide bonds. The summed E-state index contributed by atoms with van der Waals surface area (Å²) in [5, 5.41) is 13.5. The van der Waals surface area contributed by atoms with Gasteiger partial charge in [-0.1, -0.05) is 25.5 Å². The predicted molar refractivity (Wildman–Crippen MR) is 64.0 cm³/mol. The molecule has 1 aliphatic rings. The fraction of sp³-hybridized carbons (Fsp3) is 0.417. The highest BCUT2D eigenvalue weighted by molar-refractivity contribution is 6.08. The predicted octanol–water partition coefficient (Wildman–Crippen LogP) is 2.60. The molecular formula is C12H14N2O3. The van der Waals surface area contributed by atoms with Crippen molar-refractivity contribution in [2.45, 2.75) is 32.1 Å². The van der Waals surface area contributed by atoms with Crippen molar-refractivity contribution >= 4 is 17.3 Å². The van der Waals surface area contributed by atoms with Gasteiger partial charge in [0, 0.05) is 6.07 Å². The zero-order valence-corrected chi connectivity index (χ0v) is 9.82. The monoisotopic (exact) mass is 234 g/mol. The molecule has 1 heterocycles. The topological polar surface area (TPSA) is 72.2 Å². The van der Waals surface area contributed by atoms with Gasteiger partial charge in [0.1, 0.15) is 5.69 Å². The van der Waals surface area contributed by atoms with Gasteiger partial charge in [0.25, 0.3) is 5.69 Å². The van der Waals surface area contributed by atoms with Crippen LogP contribution in [-0.4, -0.2) is 10.8 Å². The first-order chi connectivity index (χ1) is 8.00. The molecule has 1 aromatic carbocycles. The van der Waals surface area contributed by atoms with Crippen molar-refractivity contribution in [2.75, 3.05) is 5.32 Å². The molecule has 1 unspecified atom stereocenters. The van der Waals surface area contributed by atoms with Gasteiger partial charge in [0.2, 0.25) is 5.91 Å². The van der Waals surface area contributed by atoms with E-state index in [9.17, 15) is 14.9 Å². The molecule has 1 aliphatic heterocycles. The third-order valence-corrected chi connectivity index (χ3v) is 3.32. The lowest BCUT2D eigenvalue weighted by molar-refractivity contribution is -0.383. The number of nitro benzene ring substituents is 1. The largest absolute Gasteiger partial charge is 0.319 e. The Morgan fingerprint density at radius 1 is 1.47 bits per heavy atom. The maximum atomic E-state index is 12.0. The molecule has 1 atom stereocenters.